The van der Waals surface area contributed by atoms with Crippen molar-refractivity contribution in [2.24, 2.45) is 0 Å². The highest BCUT2D eigenvalue weighted by Gasteiger charge is 2.32. The van der Waals surface area contributed by atoms with Gasteiger partial charge in [-0.2, -0.15) is 13.2 Å². The van der Waals surface area contributed by atoms with Crippen LogP contribution in [0, 0.1) is 11.6 Å². The summed E-state index contributed by atoms with van der Waals surface area (Å²) in [6, 6.07) is 3.70. The molecular formula is C14H14F5N5. The van der Waals surface area contributed by atoms with Gasteiger partial charge in [0.25, 0.3) is 0 Å². The van der Waals surface area contributed by atoms with Crippen LogP contribution in [0.4, 0.5) is 22.0 Å². The van der Waals surface area contributed by atoms with E-state index in [1.165, 1.54) is 18.2 Å². The molecule has 0 radical (unpaired) electrons. The van der Waals surface area contributed by atoms with E-state index in [2.05, 4.69) is 15.5 Å². The van der Waals surface area contributed by atoms with Crippen LogP contribution >= 0.6 is 0 Å². The molecule has 0 spiro atoms. The molecule has 1 fully saturated rings. The van der Waals surface area contributed by atoms with Crippen molar-refractivity contribution in [1.29, 1.82) is 0 Å². The third kappa shape index (κ3) is 3.69. The minimum atomic E-state index is -4.42. The first-order valence-electron chi connectivity index (χ1n) is 7.31. The third-order valence-corrected chi connectivity index (χ3v) is 3.98. The Balaban J connectivity index is 1.68. The fourth-order valence-electron chi connectivity index (χ4n) is 2.94. The normalized spacial score (nSPS) is 19.1. The van der Waals surface area contributed by atoms with E-state index in [0.29, 0.717) is 24.2 Å². The van der Waals surface area contributed by atoms with E-state index < -0.39 is 24.4 Å². The van der Waals surface area contributed by atoms with E-state index in [1.54, 1.807) is 4.90 Å². The summed E-state index contributed by atoms with van der Waals surface area (Å²) in [6.45, 7) is -0.349. The quantitative estimate of drug-likeness (QED) is 0.798. The van der Waals surface area contributed by atoms with Gasteiger partial charge in [-0.15, -0.1) is 5.10 Å². The van der Waals surface area contributed by atoms with Crippen LogP contribution < -0.4 is 0 Å². The summed E-state index contributed by atoms with van der Waals surface area (Å²) in [5, 5.41) is 10.2. The summed E-state index contributed by atoms with van der Waals surface area (Å²) >= 11 is 0. The van der Waals surface area contributed by atoms with Crippen LogP contribution in [0.25, 0.3) is 0 Å². The molecule has 2 aromatic rings. The molecule has 0 unspecified atom stereocenters. The number of aromatic nitrogens is 4. The fourth-order valence-corrected chi connectivity index (χ4v) is 2.94. The average Bonchev–Trinajstić information content (AvgIpc) is 3.08. The Hall–Kier alpha value is -2.10. The second kappa shape index (κ2) is 6.42. The molecule has 0 saturated carbocycles. The number of hydrogen-bond donors (Lipinski definition) is 0. The number of benzene rings is 1. The molecule has 0 aliphatic carbocycles. The molecule has 1 aromatic carbocycles. The van der Waals surface area contributed by atoms with Crippen molar-refractivity contribution >= 4 is 0 Å². The zero-order valence-corrected chi connectivity index (χ0v) is 12.5. The van der Waals surface area contributed by atoms with Gasteiger partial charge >= 0.3 is 6.18 Å². The number of nitrogens with zero attached hydrogens (tertiary/aromatic N) is 5. The Morgan fingerprint density at radius 3 is 2.54 bits per heavy atom. The van der Waals surface area contributed by atoms with E-state index in [9.17, 15) is 22.0 Å². The van der Waals surface area contributed by atoms with Crippen molar-refractivity contribution in [2.45, 2.75) is 31.6 Å². The highest BCUT2D eigenvalue weighted by molar-refractivity contribution is 5.25. The lowest BCUT2D eigenvalue weighted by molar-refractivity contribution is -0.143. The van der Waals surface area contributed by atoms with Crippen LogP contribution in [0.2, 0.25) is 0 Å². The van der Waals surface area contributed by atoms with Gasteiger partial charge in [0.05, 0.1) is 6.54 Å². The lowest BCUT2D eigenvalue weighted by Crippen LogP contribution is -2.26. The summed E-state index contributed by atoms with van der Waals surface area (Å²) in [6.07, 6.45) is -3.91. The van der Waals surface area contributed by atoms with Crippen LogP contribution in [0.3, 0.4) is 0 Å². The maximum Gasteiger partial charge on any atom is 0.408 e. The van der Waals surface area contributed by atoms with E-state index in [-0.39, 0.29) is 23.9 Å². The summed E-state index contributed by atoms with van der Waals surface area (Å²) in [4.78, 5) is 1.79. The molecule has 0 N–H and O–H groups in total. The second-order valence-electron chi connectivity index (χ2n) is 5.72. The van der Waals surface area contributed by atoms with Crippen LogP contribution in [0.1, 0.15) is 23.7 Å². The van der Waals surface area contributed by atoms with Gasteiger partial charge < -0.3 is 0 Å². The molecule has 24 heavy (non-hydrogen) atoms. The molecule has 1 atom stereocenters. The Labute approximate surface area is 134 Å². The molecule has 1 saturated heterocycles. The van der Waals surface area contributed by atoms with Gasteiger partial charge in [0, 0.05) is 18.0 Å². The molecule has 3 rings (SSSR count). The summed E-state index contributed by atoms with van der Waals surface area (Å²) in [5.41, 5.74) is 0.0230. The van der Waals surface area contributed by atoms with Crippen molar-refractivity contribution in [2.75, 3.05) is 13.1 Å². The van der Waals surface area contributed by atoms with E-state index >= 15 is 0 Å². The molecule has 0 bridgehead atoms. The van der Waals surface area contributed by atoms with Gasteiger partial charge in [-0.25, -0.2) is 13.5 Å². The standard InChI is InChI=1S/C14H14F5N5/c15-10-2-1-3-11(16)13(10)9-4-5-23(6-9)7-12-20-21-22-24(12)8-14(17,18)19/h1-3,9H,4-8H2/t9-/m0/s1. The second-order valence-corrected chi connectivity index (χ2v) is 5.72. The number of halogens is 5. The smallest absolute Gasteiger partial charge is 0.295 e. The molecule has 10 heteroatoms. The number of likely N-dealkylation sites (tertiary alicyclic amines) is 1. The third-order valence-electron chi connectivity index (χ3n) is 3.98. The topological polar surface area (TPSA) is 46.8 Å². The first-order valence-corrected chi connectivity index (χ1v) is 7.31. The monoisotopic (exact) mass is 347 g/mol. The van der Waals surface area contributed by atoms with Gasteiger partial charge in [-0.05, 0) is 35.5 Å². The Morgan fingerprint density at radius 1 is 1.17 bits per heavy atom. The van der Waals surface area contributed by atoms with Crippen LogP contribution in [0.5, 0.6) is 0 Å². The predicted octanol–water partition coefficient (Wildman–Crippen LogP) is 2.50. The minimum absolute atomic E-state index is 0.0230. The number of alkyl halides is 3. The Bertz CT molecular complexity index is 694. The molecule has 5 nitrogen and oxygen atoms in total. The zero-order chi connectivity index (χ0) is 17.3. The molecule has 130 valence electrons. The molecule has 0 amide bonds. The molecule has 1 aliphatic heterocycles. The minimum Gasteiger partial charge on any atom is -0.295 e. The van der Waals surface area contributed by atoms with Crippen molar-refractivity contribution in [3.05, 3.63) is 41.2 Å². The largest absolute Gasteiger partial charge is 0.408 e. The lowest BCUT2D eigenvalue weighted by atomic mass is 9.97. The molecule has 2 heterocycles. The van der Waals surface area contributed by atoms with E-state index in [1.807, 2.05) is 0 Å². The Kier molecular flexibility index (Phi) is 4.48. The lowest BCUT2D eigenvalue weighted by Gasteiger charge is -2.16. The van der Waals surface area contributed by atoms with Gasteiger partial charge in [0.1, 0.15) is 18.2 Å². The van der Waals surface area contributed by atoms with Crippen molar-refractivity contribution in [3.63, 3.8) is 0 Å². The van der Waals surface area contributed by atoms with Gasteiger partial charge in [-0.3, -0.25) is 4.90 Å². The van der Waals surface area contributed by atoms with Crippen molar-refractivity contribution in [1.82, 2.24) is 25.1 Å². The SMILES string of the molecule is Fc1cccc(F)c1[C@H]1CCN(Cc2nnnn2CC(F)(F)F)C1. The van der Waals surface area contributed by atoms with Gasteiger partial charge in [0.2, 0.25) is 0 Å². The summed E-state index contributed by atoms with van der Waals surface area (Å²) < 4.78 is 65.8. The summed E-state index contributed by atoms with van der Waals surface area (Å²) in [7, 11) is 0. The first kappa shape index (κ1) is 16.7. The van der Waals surface area contributed by atoms with Gasteiger partial charge in [-0.1, -0.05) is 6.07 Å². The maximum absolute atomic E-state index is 13.8. The zero-order valence-electron chi connectivity index (χ0n) is 12.5. The van der Waals surface area contributed by atoms with Crippen LogP contribution in [-0.2, 0) is 13.1 Å². The molecule has 1 aromatic heterocycles. The molecule has 1 aliphatic rings. The van der Waals surface area contributed by atoms with Crippen LogP contribution in [-0.4, -0.2) is 44.4 Å². The van der Waals surface area contributed by atoms with Crippen molar-refractivity contribution < 1.29 is 22.0 Å². The van der Waals surface area contributed by atoms with E-state index in [4.69, 9.17) is 0 Å². The highest BCUT2D eigenvalue weighted by Crippen LogP contribution is 2.31. The average molecular weight is 347 g/mol. The Morgan fingerprint density at radius 2 is 1.88 bits per heavy atom. The highest BCUT2D eigenvalue weighted by atomic mass is 19.4. The number of tetrazole rings is 1. The fraction of sp³-hybridized carbons (Fsp3) is 0.500. The predicted molar refractivity (Wildman–Crippen MR) is 72.9 cm³/mol. The van der Waals surface area contributed by atoms with Crippen molar-refractivity contribution in [3.8, 4) is 0 Å². The van der Waals surface area contributed by atoms with E-state index in [0.717, 1.165) is 0 Å². The number of rotatable bonds is 4. The molecular weight excluding hydrogens is 333 g/mol. The number of hydrogen-bond acceptors (Lipinski definition) is 4. The first-order chi connectivity index (χ1) is 11.3. The van der Waals surface area contributed by atoms with Crippen LogP contribution in [0.15, 0.2) is 18.2 Å². The maximum atomic E-state index is 13.8. The van der Waals surface area contributed by atoms with Gasteiger partial charge in [0.15, 0.2) is 5.82 Å². The summed E-state index contributed by atoms with van der Waals surface area (Å²) in [5.74, 6) is -1.49.